The lowest BCUT2D eigenvalue weighted by molar-refractivity contribution is -0.118. The number of aromatic nitrogens is 3. The first-order valence-electron chi connectivity index (χ1n) is 5.27. The summed E-state index contributed by atoms with van der Waals surface area (Å²) in [6.07, 6.45) is 3.21. The predicted molar refractivity (Wildman–Crippen MR) is 57.3 cm³/mol. The average Bonchev–Trinajstić information content (AvgIpc) is 2.52. The van der Waals surface area contributed by atoms with Gasteiger partial charge in [-0.05, 0) is 13.3 Å². The zero-order chi connectivity index (χ0) is 11.3. The number of Topliss-reactive ketones (excluding diaryl/α,β-unsaturated/α-hetero) is 1. The summed E-state index contributed by atoms with van der Waals surface area (Å²) in [5.41, 5.74) is 5.56. The van der Waals surface area contributed by atoms with Crippen LogP contribution in [0.15, 0.2) is 6.33 Å². The van der Waals surface area contributed by atoms with Crippen LogP contribution < -0.4 is 5.73 Å². The number of ketones is 1. The third kappa shape index (κ3) is 3.79. The molecular formula is C10H18N4O. The molecule has 1 heterocycles. The summed E-state index contributed by atoms with van der Waals surface area (Å²) in [5, 5.41) is 4.06. The quantitative estimate of drug-likeness (QED) is 0.743. The van der Waals surface area contributed by atoms with Gasteiger partial charge in [0.25, 0.3) is 0 Å². The molecule has 1 rings (SSSR count). The Hall–Kier alpha value is -1.23. The van der Waals surface area contributed by atoms with Crippen molar-refractivity contribution >= 4 is 5.78 Å². The first-order chi connectivity index (χ1) is 7.13. The average molecular weight is 210 g/mol. The lowest BCUT2D eigenvalue weighted by atomic mass is 10.1. The van der Waals surface area contributed by atoms with Crippen molar-refractivity contribution in [2.24, 2.45) is 5.73 Å². The molecule has 0 aliphatic heterocycles. The van der Waals surface area contributed by atoms with Crippen LogP contribution in [-0.2, 0) is 17.8 Å². The molecule has 84 valence electrons. The third-order valence-corrected chi connectivity index (χ3v) is 2.04. The molecule has 5 nitrogen and oxygen atoms in total. The van der Waals surface area contributed by atoms with Crippen LogP contribution in [0.5, 0.6) is 0 Å². The molecule has 1 atom stereocenters. The second-order valence-electron chi connectivity index (χ2n) is 3.80. The molecule has 0 amide bonds. The monoisotopic (exact) mass is 210 g/mol. The molecule has 0 bridgehead atoms. The van der Waals surface area contributed by atoms with Gasteiger partial charge in [-0.1, -0.05) is 6.92 Å². The lowest BCUT2D eigenvalue weighted by Crippen LogP contribution is -2.21. The molecule has 0 saturated heterocycles. The molecule has 0 aliphatic carbocycles. The van der Waals surface area contributed by atoms with E-state index >= 15 is 0 Å². The molecule has 0 spiro atoms. The largest absolute Gasteiger partial charge is 0.328 e. The number of nitrogens with two attached hydrogens (primary N) is 1. The van der Waals surface area contributed by atoms with Gasteiger partial charge in [0, 0.05) is 19.0 Å². The molecule has 0 aliphatic rings. The topological polar surface area (TPSA) is 73.8 Å². The summed E-state index contributed by atoms with van der Waals surface area (Å²) >= 11 is 0. The first-order valence-corrected chi connectivity index (χ1v) is 5.27. The minimum absolute atomic E-state index is 0.0833. The fourth-order valence-corrected chi connectivity index (χ4v) is 1.43. The Kier molecular flexibility index (Phi) is 4.42. The molecule has 5 heteroatoms. The van der Waals surface area contributed by atoms with Crippen LogP contribution in [0.3, 0.4) is 0 Å². The van der Waals surface area contributed by atoms with E-state index in [1.54, 1.807) is 4.68 Å². The standard InChI is InChI=1S/C10H18N4O/c1-3-4-14-10(12-7-13-14)6-9(15)5-8(2)11/h7-8H,3-6,11H2,1-2H3. The van der Waals surface area contributed by atoms with Gasteiger partial charge in [-0.15, -0.1) is 0 Å². The number of carbonyl (C=O) groups excluding carboxylic acids is 1. The van der Waals surface area contributed by atoms with Gasteiger partial charge >= 0.3 is 0 Å². The van der Waals surface area contributed by atoms with Gasteiger partial charge < -0.3 is 5.73 Å². The molecule has 1 aromatic heterocycles. The summed E-state index contributed by atoms with van der Waals surface area (Å²) in [6, 6.07) is -0.0833. The van der Waals surface area contributed by atoms with Gasteiger partial charge in [0.15, 0.2) is 0 Å². The fraction of sp³-hybridized carbons (Fsp3) is 0.700. The summed E-state index contributed by atoms with van der Waals surface area (Å²) in [5.74, 6) is 0.859. The van der Waals surface area contributed by atoms with E-state index < -0.39 is 0 Å². The van der Waals surface area contributed by atoms with Crippen molar-refractivity contribution in [3.05, 3.63) is 12.2 Å². The third-order valence-electron chi connectivity index (χ3n) is 2.04. The Balaban J connectivity index is 2.55. The summed E-state index contributed by atoms with van der Waals surface area (Å²) in [4.78, 5) is 15.6. The molecule has 2 N–H and O–H groups in total. The van der Waals surface area contributed by atoms with Crippen molar-refractivity contribution < 1.29 is 4.79 Å². The van der Waals surface area contributed by atoms with E-state index in [2.05, 4.69) is 17.0 Å². The van der Waals surface area contributed by atoms with Gasteiger partial charge in [0.05, 0.1) is 6.42 Å². The molecular weight excluding hydrogens is 192 g/mol. The fourth-order valence-electron chi connectivity index (χ4n) is 1.43. The number of nitrogens with zero attached hydrogens (tertiary/aromatic N) is 3. The van der Waals surface area contributed by atoms with E-state index in [9.17, 15) is 4.79 Å². The highest BCUT2D eigenvalue weighted by Crippen LogP contribution is 2.01. The Bertz CT molecular complexity index is 319. The van der Waals surface area contributed by atoms with Crippen LogP contribution in [0, 0.1) is 0 Å². The Morgan fingerprint density at radius 2 is 2.40 bits per heavy atom. The van der Waals surface area contributed by atoms with E-state index in [0.29, 0.717) is 12.8 Å². The second-order valence-corrected chi connectivity index (χ2v) is 3.80. The zero-order valence-electron chi connectivity index (χ0n) is 9.31. The van der Waals surface area contributed by atoms with Gasteiger partial charge in [0.1, 0.15) is 17.9 Å². The van der Waals surface area contributed by atoms with E-state index in [-0.39, 0.29) is 11.8 Å². The lowest BCUT2D eigenvalue weighted by Gasteiger charge is -2.05. The molecule has 0 aromatic carbocycles. The summed E-state index contributed by atoms with van der Waals surface area (Å²) in [6.45, 7) is 4.70. The smallest absolute Gasteiger partial charge is 0.141 e. The molecule has 0 saturated carbocycles. The normalized spacial score (nSPS) is 12.7. The van der Waals surface area contributed by atoms with E-state index in [0.717, 1.165) is 18.8 Å². The van der Waals surface area contributed by atoms with E-state index in [4.69, 9.17) is 5.73 Å². The van der Waals surface area contributed by atoms with E-state index in [1.165, 1.54) is 6.33 Å². The Morgan fingerprint density at radius 3 is 3.00 bits per heavy atom. The van der Waals surface area contributed by atoms with Crippen LogP contribution in [0.4, 0.5) is 0 Å². The van der Waals surface area contributed by atoms with Gasteiger partial charge in [-0.2, -0.15) is 5.10 Å². The van der Waals surface area contributed by atoms with Crippen molar-refractivity contribution in [1.82, 2.24) is 14.8 Å². The number of carbonyl (C=O) groups is 1. The van der Waals surface area contributed by atoms with Gasteiger partial charge in [0.2, 0.25) is 0 Å². The van der Waals surface area contributed by atoms with Crippen LogP contribution in [0.1, 0.15) is 32.5 Å². The molecule has 1 unspecified atom stereocenters. The molecule has 0 fully saturated rings. The van der Waals surface area contributed by atoms with Crippen molar-refractivity contribution in [2.75, 3.05) is 0 Å². The minimum atomic E-state index is -0.0833. The van der Waals surface area contributed by atoms with Crippen LogP contribution in [0.25, 0.3) is 0 Å². The number of rotatable bonds is 6. The molecule has 1 aromatic rings. The number of hydrogen-bond donors (Lipinski definition) is 1. The van der Waals surface area contributed by atoms with Crippen LogP contribution >= 0.6 is 0 Å². The zero-order valence-corrected chi connectivity index (χ0v) is 9.31. The van der Waals surface area contributed by atoms with Crippen molar-refractivity contribution in [3.8, 4) is 0 Å². The highest BCUT2D eigenvalue weighted by molar-refractivity contribution is 5.80. The highest BCUT2D eigenvalue weighted by Gasteiger charge is 2.11. The minimum Gasteiger partial charge on any atom is -0.328 e. The van der Waals surface area contributed by atoms with Crippen molar-refractivity contribution in [3.63, 3.8) is 0 Å². The SMILES string of the molecule is CCCn1ncnc1CC(=O)CC(C)N. The number of hydrogen-bond acceptors (Lipinski definition) is 4. The predicted octanol–water partition coefficient (Wildman–Crippen LogP) is 0.537. The summed E-state index contributed by atoms with van der Waals surface area (Å²) < 4.78 is 1.78. The maximum Gasteiger partial charge on any atom is 0.141 e. The van der Waals surface area contributed by atoms with Crippen molar-refractivity contribution in [1.29, 1.82) is 0 Å². The van der Waals surface area contributed by atoms with E-state index in [1.807, 2.05) is 6.92 Å². The Morgan fingerprint density at radius 1 is 1.67 bits per heavy atom. The van der Waals surface area contributed by atoms with Crippen LogP contribution in [-0.4, -0.2) is 26.6 Å². The first kappa shape index (κ1) is 11.8. The molecule has 0 radical (unpaired) electrons. The molecule has 15 heavy (non-hydrogen) atoms. The maximum atomic E-state index is 11.5. The van der Waals surface area contributed by atoms with Crippen molar-refractivity contribution in [2.45, 2.75) is 45.7 Å². The van der Waals surface area contributed by atoms with Crippen LogP contribution in [0.2, 0.25) is 0 Å². The highest BCUT2D eigenvalue weighted by atomic mass is 16.1. The Labute approximate surface area is 89.7 Å². The second kappa shape index (κ2) is 5.60. The maximum absolute atomic E-state index is 11.5. The van der Waals surface area contributed by atoms with Gasteiger partial charge in [-0.25, -0.2) is 9.67 Å². The summed E-state index contributed by atoms with van der Waals surface area (Å²) in [7, 11) is 0. The van der Waals surface area contributed by atoms with Gasteiger partial charge in [-0.3, -0.25) is 4.79 Å². The number of aryl methyl sites for hydroxylation is 1.